The van der Waals surface area contributed by atoms with Gasteiger partial charge < -0.3 is 20.7 Å². The van der Waals surface area contributed by atoms with Crippen LogP contribution in [0.2, 0.25) is 0 Å². The van der Waals surface area contributed by atoms with Crippen molar-refractivity contribution in [1.82, 2.24) is 5.32 Å². The highest BCUT2D eigenvalue weighted by atomic mass is 16.5. The standard InChI is InChI=1S/C20H25N3O2/c1-25-19-4-2-3-18(11-19)23-10-9-16(14-23)13-22-20(24)17-7-5-15(12-21)6-8-17/h2-8,11,16H,9-10,12-14,21H2,1H3,(H,22,24). The van der Waals surface area contributed by atoms with Crippen LogP contribution in [0.15, 0.2) is 48.5 Å². The normalized spacial score (nSPS) is 16.7. The Morgan fingerprint density at radius 3 is 2.80 bits per heavy atom. The summed E-state index contributed by atoms with van der Waals surface area (Å²) in [5.41, 5.74) is 8.46. The molecular formula is C20H25N3O2. The second kappa shape index (κ2) is 8.03. The van der Waals surface area contributed by atoms with Crippen molar-refractivity contribution in [2.75, 3.05) is 31.6 Å². The van der Waals surface area contributed by atoms with Crippen molar-refractivity contribution in [3.8, 4) is 5.75 Å². The number of nitrogens with one attached hydrogen (secondary N) is 1. The summed E-state index contributed by atoms with van der Waals surface area (Å²) in [6, 6.07) is 15.6. The topological polar surface area (TPSA) is 67.6 Å². The maximum absolute atomic E-state index is 12.3. The van der Waals surface area contributed by atoms with Gasteiger partial charge in [-0.25, -0.2) is 0 Å². The van der Waals surface area contributed by atoms with Gasteiger partial charge in [-0.05, 0) is 42.2 Å². The van der Waals surface area contributed by atoms with Crippen molar-refractivity contribution in [1.29, 1.82) is 0 Å². The monoisotopic (exact) mass is 339 g/mol. The van der Waals surface area contributed by atoms with Gasteiger partial charge in [-0.2, -0.15) is 0 Å². The summed E-state index contributed by atoms with van der Waals surface area (Å²) < 4.78 is 5.29. The molecule has 5 nitrogen and oxygen atoms in total. The van der Waals surface area contributed by atoms with Gasteiger partial charge in [-0.3, -0.25) is 4.79 Å². The number of amides is 1. The van der Waals surface area contributed by atoms with Crippen LogP contribution in [0, 0.1) is 5.92 Å². The van der Waals surface area contributed by atoms with Crippen LogP contribution in [0.5, 0.6) is 5.75 Å². The first-order valence-electron chi connectivity index (χ1n) is 8.66. The molecule has 2 aromatic carbocycles. The van der Waals surface area contributed by atoms with E-state index < -0.39 is 0 Å². The van der Waals surface area contributed by atoms with Crippen LogP contribution in [0.4, 0.5) is 5.69 Å². The molecule has 1 saturated heterocycles. The van der Waals surface area contributed by atoms with Crippen molar-refractivity contribution in [3.63, 3.8) is 0 Å². The summed E-state index contributed by atoms with van der Waals surface area (Å²) in [7, 11) is 1.68. The van der Waals surface area contributed by atoms with E-state index >= 15 is 0 Å². The van der Waals surface area contributed by atoms with Crippen molar-refractivity contribution in [2.45, 2.75) is 13.0 Å². The molecule has 1 aliphatic rings. The van der Waals surface area contributed by atoms with Crippen LogP contribution in [0.3, 0.4) is 0 Å². The number of hydrogen-bond donors (Lipinski definition) is 2. The lowest BCUT2D eigenvalue weighted by Gasteiger charge is -2.19. The number of methoxy groups -OCH3 is 1. The molecule has 0 aromatic heterocycles. The number of ether oxygens (including phenoxy) is 1. The van der Waals surface area contributed by atoms with Gasteiger partial charge in [-0.1, -0.05) is 18.2 Å². The van der Waals surface area contributed by atoms with Gasteiger partial charge in [0.1, 0.15) is 5.75 Å². The number of anilines is 1. The fourth-order valence-corrected chi connectivity index (χ4v) is 3.17. The van der Waals surface area contributed by atoms with Gasteiger partial charge in [-0.15, -0.1) is 0 Å². The molecule has 2 aromatic rings. The van der Waals surface area contributed by atoms with Crippen molar-refractivity contribution in [3.05, 3.63) is 59.7 Å². The molecule has 1 aliphatic heterocycles. The Morgan fingerprint density at radius 1 is 1.28 bits per heavy atom. The lowest BCUT2D eigenvalue weighted by Crippen LogP contribution is -2.31. The summed E-state index contributed by atoms with van der Waals surface area (Å²) in [5, 5.41) is 3.05. The molecule has 1 fully saturated rings. The van der Waals surface area contributed by atoms with E-state index in [2.05, 4.69) is 22.3 Å². The first-order chi connectivity index (χ1) is 12.2. The predicted octanol–water partition coefficient (Wildman–Crippen LogP) is 2.41. The maximum atomic E-state index is 12.3. The lowest BCUT2D eigenvalue weighted by atomic mass is 10.1. The molecule has 25 heavy (non-hydrogen) atoms. The quantitative estimate of drug-likeness (QED) is 0.848. The van der Waals surface area contributed by atoms with Gasteiger partial charge in [0.25, 0.3) is 5.91 Å². The van der Waals surface area contributed by atoms with E-state index in [1.807, 2.05) is 36.4 Å². The molecule has 1 atom stereocenters. The fourth-order valence-electron chi connectivity index (χ4n) is 3.17. The third kappa shape index (κ3) is 4.31. The van der Waals surface area contributed by atoms with Crippen molar-refractivity contribution in [2.24, 2.45) is 11.7 Å². The van der Waals surface area contributed by atoms with Gasteiger partial charge >= 0.3 is 0 Å². The molecule has 3 rings (SSSR count). The molecular weight excluding hydrogens is 314 g/mol. The Hall–Kier alpha value is -2.53. The van der Waals surface area contributed by atoms with E-state index in [1.54, 1.807) is 7.11 Å². The van der Waals surface area contributed by atoms with Gasteiger partial charge in [0.2, 0.25) is 0 Å². The minimum Gasteiger partial charge on any atom is -0.497 e. The zero-order valence-corrected chi connectivity index (χ0v) is 14.6. The van der Waals surface area contributed by atoms with Crippen molar-refractivity contribution >= 4 is 11.6 Å². The third-order valence-electron chi connectivity index (χ3n) is 4.71. The molecule has 1 heterocycles. The zero-order valence-electron chi connectivity index (χ0n) is 14.6. The second-order valence-electron chi connectivity index (χ2n) is 6.41. The second-order valence-corrected chi connectivity index (χ2v) is 6.41. The molecule has 132 valence electrons. The number of nitrogens with zero attached hydrogens (tertiary/aromatic N) is 1. The summed E-state index contributed by atoms with van der Waals surface area (Å²) in [5.74, 6) is 1.30. The largest absolute Gasteiger partial charge is 0.497 e. The molecule has 0 spiro atoms. The molecule has 3 N–H and O–H groups in total. The van der Waals surface area contributed by atoms with Crippen LogP contribution < -0.4 is 20.7 Å². The van der Waals surface area contributed by atoms with E-state index in [9.17, 15) is 4.79 Å². The number of carbonyl (C=O) groups is 1. The van der Waals surface area contributed by atoms with Crippen LogP contribution >= 0.6 is 0 Å². The maximum Gasteiger partial charge on any atom is 0.251 e. The number of nitrogens with two attached hydrogens (primary N) is 1. The Bertz CT molecular complexity index is 715. The Balaban J connectivity index is 1.51. The minimum absolute atomic E-state index is 0.0246. The Morgan fingerprint density at radius 2 is 2.08 bits per heavy atom. The van der Waals surface area contributed by atoms with E-state index in [0.717, 1.165) is 30.8 Å². The SMILES string of the molecule is COc1cccc(N2CCC(CNC(=O)c3ccc(CN)cc3)C2)c1. The Labute approximate surface area is 148 Å². The minimum atomic E-state index is -0.0246. The molecule has 0 aliphatic carbocycles. The van der Waals surface area contributed by atoms with Gasteiger partial charge in [0.15, 0.2) is 0 Å². The number of rotatable bonds is 6. The van der Waals surface area contributed by atoms with Crippen LogP contribution in [0.25, 0.3) is 0 Å². The average Bonchev–Trinajstić information content (AvgIpc) is 3.15. The average molecular weight is 339 g/mol. The van der Waals surface area contributed by atoms with Crippen LogP contribution in [-0.2, 0) is 6.54 Å². The van der Waals surface area contributed by atoms with Gasteiger partial charge in [0, 0.05) is 43.5 Å². The summed E-state index contributed by atoms with van der Waals surface area (Å²) in [6.07, 6.45) is 1.07. The van der Waals surface area contributed by atoms with E-state index in [1.165, 1.54) is 5.69 Å². The highest BCUT2D eigenvalue weighted by Gasteiger charge is 2.23. The molecule has 1 unspecified atom stereocenters. The summed E-state index contributed by atoms with van der Waals surface area (Å²) in [4.78, 5) is 14.6. The van der Waals surface area contributed by atoms with E-state index in [4.69, 9.17) is 10.5 Å². The summed E-state index contributed by atoms with van der Waals surface area (Å²) in [6.45, 7) is 3.13. The zero-order chi connectivity index (χ0) is 17.6. The lowest BCUT2D eigenvalue weighted by molar-refractivity contribution is 0.0948. The van der Waals surface area contributed by atoms with Gasteiger partial charge in [0.05, 0.1) is 7.11 Å². The molecule has 0 saturated carbocycles. The summed E-state index contributed by atoms with van der Waals surface area (Å²) >= 11 is 0. The fraction of sp³-hybridized carbons (Fsp3) is 0.350. The highest BCUT2D eigenvalue weighted by Crippen LogP contribution is 2.26. The van der Waals surface area contributed by atoms with Crippen molar-refractivity contribution < 1.29 is 9.53 Å². The van der Waals surface area contributed by atoms with Crippen LogP contribution in [0.1, 0.15) is 22.3 Å². The third-order valence-corrected chi connectivity index (χ3v) is 4.71. The number of benzene rings is 2. The first-order valence-corrected chi connectivity index (χ1v) is 8.66. The molecule has 5 heteroatoms. The predicted molar refractivity (Wildman–Crippen MR) is 100.0 cm³/mol. The molecule has 0 radical (unpaired) electrons. The smallest absolute Gasteiger partial charge is 0.251 e. The first kappa shape index (κ1) is 17.3. The number of carbonyl (C=O) groups excluding carboxylic acids is 1. The highest BCUT2D eigenvalue weighted by molar-refractivity contribution is 5.94. The van der Waals surface area contributed by atoms with E-state index in [-0.39, 0.29) is 5.91 Å². The molecule has 1 amide bonds. The Kier molecular flexibility index (Phi) is 5.56. The number of hydrogen-bond acceptors (Lipinski definition) is 4. The molecule has 0 bridgehead atoms. The van der Waals surface area contributed by atoms with Crippen LogP contribution in [-0.4, -0.2) is 32.7 Å². The van der Waals surface area contributed by atoms with E-state index in [0.29, 0.717) is 24.6 Å².